The van der Waals surface area contributed by atoms with Crippen LogP contribution < -0.4 is 0 Å². The van der Waals surface area contributed by atoms with Crippen molar-refractivity contribution in [3.8, 4) is 5.69 Å². The van der Waals surface area contributed by atoms with Crippen molar-refractivity contribution in [2.75, 3.05) is 6.54 Å². The molecule has 1 saturated heterocycles. The van der Waals surface area contributed by atoms with Gasteiger partial charge in [-0.15, -0.1) is 0 Å². The van der Waals surface area contributed by atoms with Crippen molar-refractivity contribution in [1.82, 2.24) is 19.9 Å². The van der Waals surface area contributed by atoms with Crippen LogP contribution in [0.25, 0.3) is 5.69 Å². The zero-order chi connectivity index (χ0) is 17.1. The first-order chi connectivity index (χ1) is 12.3. The van der Waals surface area contributed by atoms with Crippen molar-refractivity contribution in [3.63, 3.8) is 0 Å². The second-order valence-corrected chi connectivity index (χ2v) is 6.49. The number of para-hydroxylation sites is 1. The summed E-state index contributed by atoms with van der Waals surface area (Å²) in [6.45, 7) is 1.77. The third-order valence-corrected chi connectivity index (χ3v) is 4.76. The highest BCUT2D eigenvalue weighted by molar-refractivity contribution is 5.28. The van der Waals surface area contributed by atoms with Gasteiger partial charge in [0.25, 0.3) is 0 Å². The van der Waals surface area contributed by atoms with E-state index in [-0.39, 0.29) is 0 Å². The number of hydrogen-bond acceptors (Lipinski definition) is 5. The fourth-order valence-corrected chi connectivity index (χ4v) is 3.49. The first-order valence-electron chi connectivity index (χ1n) is 8.72. The van der Waals surface area contributed by atoms with E-state index >= 15 is 0 Å². The van der Waals surface area contributed by atoms with E-state index in [0.717, 1.165) is 37.3 Å². The lowest BCUT2D eigenvalue weighted by molar-refractivity contribution is 0.0991. The van der Waals surface area contributed by atoms with Crippen molar-refractivity contribution >= 4 is 0 Å². The second kappa shape index (κ2) is 7.21. The Morgan fingerprint density at radius 3 is 2.88 bits per heavy atom. The molecule has 1 fully saturated rings. The molecule has 0 spiro atoms. The van der Waals surface area contributed by atoms with Crippen molar-refractivity contribution in [2.24, 2.45) is 0 Å². The lowest BCUT2D eigenvalue weighted by atomic mass is 10.1. The minimum absolute atomic E-state index is 0.335. The molecule has 1 aromatic carbocycles. The summed E-state index contributed by atoms with van der Waals surface area (Å²) >= 11 is 0. The molecular weight excluding hydrogens is 316 g/mol. The molecule has 1 aliphatic heterocycles. The SMILES string of the molecule is OC(CC1CCCN1Cc1cnn(-c2ccccc2)n1)c1ccco1. The normalized spacial score (nSPS) is 19.3. The van der Waals surface area contributed by atoms with Crippen LogP contribution in [0, 0.1) is 0 Å². The molecule has 0 radical (unpaired) electrons. The summed E-state index contributed by atoms with van der Waals surface area (Å²) in [5, 5.41) is 19.3. The van der Waals surface area contributed by atoms with Gasteiger partial charge in [-0.3, -0.25) is 4.90 Å². The molecule has 2 unspecified atom stereocenters. The standard InChI is InChI=1S/C19H22N4O2/c24-18(19-9-5-11-25-19)12-17-8-4-10-22(17)14-15-13-20-23(21-15)16-6-2-1-3-7-16/h1-3,5-7,9,11,13,17-18,24H,4,8,10,12,14H2. The molecule has 0 aliphatic carbocycles. The molecule has 4 rings (SSSR count). The molecular formula is C19H22N4O2. The van der Waals surface area contributed by atoms with Gasteiger partial charge in [-0.05, 0) is 50.1 Å². The molecule has 0 saturated carbocycles. The lowest BCUT2D eigenvalue weighted by Gasteiger charge is -2.24. The Labute approximate surface area is 146 Å². The minimum Gasteiger partial charge on any atom is -0.467 e. The molecule has 2 aromatic heterocycles. The molecule has 3 aromatic rings. The molecule has 1 aliphatic rings. The van der Waals surface area contributed by atoms with Crippen LogP contribution in [0.1, 0.15) is 36.8 Å². The van der Waals surface area contributed by atoms with E-state index in [2.05, 4.69) is 15.1 Å². The van der Waals surface area contributed by atoms with Crippen molar-refractivity contribution in [2.45, 2.75) is 38.0 Å². The van der Waals surface area contributed by atoms with Crippen LogP contribution in [0.2, 0.25) is 0 Å². The summed E-state index contributed by atoms with van der Waals surface area (Å²) in [4.78, 5) is 4.05. The van der Waals surface area contributed by atoms with Crippen LogP contribution in [0.3, 0.4) is 0 Å². The van der Waals surface area contributed by atoms with Gasteiger partial charge in [-0.25, -0.2) is 0 Å². The molecule has 3 heterocycles. The second-order valence-electron chi connectivity index (χ2n) is 6.49. The highest BCUT2D eigenvalue weighted by Crippen LogP contribution is 2.28. The van der Waals surface area contributed by atoms with E-state index in [4.69, 9.17) is 4.42 Å². The molecule has 25 heavy (non-hydrogen) atoms. The maximum atomic E-state index is 10.4. The number of benzene rings is 1. The first-order valence-corrected chi connectivity index (χ1v) is 8.72. The van der Waals surface area contributed by atoms with Gasteiger partial charge < -0.3 is 9.52 Å². The van der Waals surface area contributed by atoms with Crippen LogP contribution in [-0.2, 0) is 6.54 Å². The van der Waals surface area contributed by atoms with Gasteiger partial charge in [0, 0.05) is 12.6 Å². The fraction of sp³-hybridized carbons (Fsp3) is 0.368. The van der Waals surface area contributed by atoms with Crippen LogP contribution in [0.4, 0.5) is 0 Å². The Morgan fingerprint density at radius 1 is 1.20 bits per heavy atom. The van der Waals surface area contributed by atoms with Crippen LogP contribution >= 0.6 is 0 Å². The number of rotatable bonds is 6. The van der Waals surface area contributed by atoms with E-state index in [1.807, 2.05) is 48.7 Å². The number of nitrogens with zero attached hydrogens (tertiary/aromatic N) is 4. The van der Waals surface area contributed by atoms with Crippen LogP contribution in [0.5, 0.6) is 0 Å². The summed E-state index contributed by atoms with van der Waals surface area (Å²) < 4.78 is 5.32. The van der Waals surface area contributed by atoms with E-state index in [1.54, 1.807) is 11.1 Å². The lowest BCUT2D eigenvalue weighted by Crippen LogP contribution is -2.30. The number of furan rings is 1. The zero-order valence-corrected chi connectivity index (χ0v) is 14.0. The molecule has 0 amide bonds. The average Bonchev–Trinajstić information content (AvgIpc) is 3.38. The highest BCUT2D eigenvalue weighted by Gasteiger charge is 2.28. The van der Waals surface area contributed by atoms with E-state index in [1.165, 1.54) is 0 Å². The third kappa shape index (κ3) is 3.65. The van der Waals surface area contributed by atoms with E-state index in [0.29, 0.717) is 18.2 Å². The van der Waals surface area contributed by atoms with Gasteiger partial charge in [-0.2, -0.15) is 15.0 Å². The maximum Gasteiger partial charge on any atom is 0.132 e. The fourth-order valence-electron chi connectivity index (χ4n) is 3.49. The Morgan fingerprint density at radius 2 is 2.08 bits per heavy atom. The van der Waals surface area contributed by atoms with Crippen LogP contribution in [0.15, 0.2) is 59.3 Å². The average molecular weight is 338 g/mol. The quantitative estimate of drug-likeness (QED) is 0.748. The number of hydrogen-bond donors (Lipinski definition) is 1. The Kier molecular flexibility index (Phi) is 4.63. The van der Waals surface area contributed by atoms with Gasteiger partial charge in [0.15, 0.2) is 0 Å². The molecule has 0 bridgehead atoms. The molecule has 6 nitrogen and oxygen atoms in total. The summed E-state index contributed by atoms with van der Waals surface area (Å²) in [5.74, 6) is 0.641. The predicted molar refractivity (Wildman–Crippen MR) is 93.1 cm³/mol. The Balaban J connectivity index is 1.41. The number of likely N-dealkylation sites (tertiary alicyclic amines) is 1. The maximum absolute atomic E-state index is 10.4. The zero-order valence-electron chi connectivity index (χ0n) is 14.0. The van der Waals surface area contributed by atoms with Gasteiger partial charge in [0.2, 0.25) is 0 Å². The summed E-state index contributed by atoms with van der Waals surface area (Å²) in [6, 6.07) is 13.9. The summed E-state index contributed by atoms with van der Waals surface area (Å²) in [5.41, 5.74) is 1.91. The smallest absolute Gasteiger partial charge is 0.132 e. The van der Waals surface area contributed by atoms with Crippen LogP contribution in [-0.4, -0.2) is 37.6 Å². The molecule has 6 heteroatoms. The van der Waals surface area contributed by atoms with Gasteiger partial charge in [0.1, 0.15) is 11.9 Å². The van der Waals surface area contributed by atoms with Gasteiger partial charge >= 0.3 is 0 Å². The Hall–Kier alpha value is -2.44. The van der Waals surface area contributed by atoms with Crippen molar-refractivity contribution < 1.29 is 9.52 Å². The van der Waals surface area contributed by atoms with Gasteiger partial charge in [0.05, 0.1) is 23.8 Å². The highest BCUT2D eigenvalue weighted by atomic mass is 16.4. The largest absolute Gasteiger partial charge is 0.467 e. The topological polar surface area (TPSA) is 67.3 Å². The minimum atomic E-state index is -0.555. The predicted octanol–water partition coefficient (Wildman–Crippen LogP) is 2.95. The van der Waals surface area contributed by atoms with E-state index < -0.39 is 6.10 Å². The number of aliphatic hydroxyl groups excluding tert-OH is 1. The number of aliphatic hydroxyl groups is 1. The summed E-state index contributed by atoms with van der Waals surface area (Å²) in [6.07, 6.45) is 5.78. The van der Waals surface area contributed by atoms with Gasteiger partial charge in [-0.1, -0.05) is 18.2 Å². The monoisotopic (exact) mass is 338 g/mol. The molecule has 2 atom stereocenters. The summed E-state index contributed by atoms with van der Waals surface area (Å²) in [7, 11) is 0. The van der Waals surface area contributed by atoms with Crippen molar-refractivity contribution in [1.29, 1.82) is 0 Å². The molecule has 1 N–H and O–H groups in total. The first kappa shape index (κ1) is 16.1. The van der Waals surface area contributed by atoms with E-state index in [9.17, 15) is 5.11 Å². The third-order valence-electron chi connectivity index (χ3n) is 4.76. The van der Waals surface area contributed by atoms with Crippen molar-refractivity contribution in [3.05, 3.63) is 66.4 Å². The number of aromatic nitrogens is 3. The Bertz CT molecular complexity index is 785. The molecule has 130 valence electrons.